The molecule has 2 heterocycles. The van der Waals surface area contributed by atoms with Crippen LogP contribution in [0.1, 0.15) is 44.5 Å². The quantitative estimate of drug-likeness (QED) is 0.556. The number of nitrogens with one attached hydrogen (secondary N) is 3. The molecule has 1 saturated heterocycles. The monoisotopic (exact) mass is 432 g/mol. The number of benzene rings is 1. The Kier molecular flexibility index (Phi) is 6.70. The van der Waals surface area contributed by atoms with Crippen LogP contribution in [0.3, 0.4) is 0 Å². The number of rotatable bonds is 8. The lowest BCUT2D eigenvalue weighted by atomic mass is 9.97. The van der Waals surface area contributed by atoms with Crippen molar-refractivity contribution >= 4 is 17.7 Å². The van der Waals surface area contributed by atoms with E-state index in [1.54, 1.807) is 12.1 Å². The zero-order valence-electron chi connectivity index (χ0n) is 17.4. The van der Waals surface area contributed by atoms with Gasteiger partial charge in [-0.15, -0.1) is 10.2 Å². The van der Waals surface area contributed by atoms with E-state index in [0.29, 0.717) is 35.7 Å². The molecular weight excluding hydrogens is 403 g/mol. The maximum Gasteiger partial charge on any atom is 0.239 e. The second-order valence-electron chi connectivity index (χ2n) is 8.47. The minimum Gasteiger partial charge on any atom is -0.347 e. The number of halogens is 1. The summed E-state index contributed by atoms with van der Waals surface area (Å²) in [5.74, 6) is 1.73. The average Bonchev–Trinajstić information content (AvgIpc) is 3.42. The van der Waals surface area contributed by atoms with E-state index >= 15 is 0 Å². The predicted molar refractivity (Wildman–Crippen MR) is 114 cm³/mol. The second-order valence-corrected chi connectivity index (χ2v) is 9.41. The van der Waals surface area contributed by atoms with Gasteiger partial charge in [0.05, 0.1) is 6.54 Å². The van der Waals surface area contributed by atoms with Crippen molar-refractivity contribution in [3.05, 3.63) is 41.5 Å². The first kappa shape index (κ1) is 21.3. The molecule has 2 aromatic rings. The summed E-state index contributed by atoms with van der Waals surface area (Å²) in [4.78, 5) is 12.7. The number of hydrogen-bond acceptors (Lipinski definition) is 6. The minimum atomic E-state index is -0.213. The van der Waals surface area contributed by atoms with E-state index in [-0.39, 0.29) is 17.8 Å². The van der Waals surface area contributed by atoms with Crippen molar-refractivity contribution in [3.63, 3.8) is 0 Å². The van der Waals surface area contributed by atoms with E-state index in [0.717, 1.165) is 30.4 Å². The molecule has 7 nitrogen and oxygen atoms in total. The molecule has 3 N–H and O–H groups in total. The van der Waals surface area contributed by atoms with Gasteiger partial charge in [0.15, 0.2) is 11.0 Å². The Morgan fingerprint density at radius 3 is 2.93 bits per heavy atom. The van der Waals surface area contributed by atoms with Gasteiger partial charge in [-0.1, -0.05) is 50.2 Å². The number of thioether (sulfide) groups is 1. The zero-order chi connectivity index (χ0) is 21.1. The SMILES string of the molecule is CC(C)Cn1c(CNC(=O)C2NNC3CCCC32)nnc1SCc1ccccc1F. The molecule has 0 radical (unpaired) electrons. The molecule has 1 aliphatic heterocycles. The van der Waals surface area contributed by atoms with Gasteiger partial charge in [0.25, 0.3) is 0 Å². The smallest absolute Gasteiger partial charge is 0.239 e. The molecule has 1 amide bonds. The second kappa shape index (κ2) is 9.45. The minimum absolute atomic E-state index is 0.00319. The van der Waals surface area contributed by atoms with E-state index in [9.17, 15) is 9.18 Å². The van der Waals surface area contributed by atoms with Crippen LogP contribution < -0.4 is 16.2 Å². The molecule has 0 spiro atoms. The fraction of sp³-hybridized carbons (Fsp3) is 0.571. The third kappa shape index (κ3) is 4.68. The van der Waals surface area contributed by atoms with Crippen molar-refractivity contribution in [2.45, 2.75) is 69.2 Å². The van der Waals surface area contributed by atoms with Crippen LogP contribution in [0.5, 0.6) is 0 Å². The van der Waals surface area contributed by atoms with Crippen molar-refractivity contribution in [1.82, 2.24) is 30.9 Å². The Balaban J connectivity index is 1.41. The molecule has 0 bridgehead atoms. The summed E-state index contributed by atoms with van der Waals surface area (Å²) < 4.78 is 16.0. The third-order valence-electron chi connectivity index (χ3n) is 5.78. The Morgan fingerprint density at radius 1 is 1.30 bits per heavy atom. The van der Waals surface area contributed by atoms with Crippen LogP contribution in [-0.2, 0) is 23.6 Å². The molecule has 30 heavy (non-hydrogen) atoms. The van der Waals surface area contributed by atoms with Gasteiger partial charge >= 0.3 is 0 Å². The summed E-state index contributed by atoms with van der Waals surface area (Å²) in [6.07, 6.45) is 3.36. The Bertz CT molecular complexity index is 888. The molecule has 162 valence electrons. The van der Waals surface area contributed by atoms with Crippen LogP contribution in [0, 0.1) is 17.7 Å². The molecule has 4 rings (SSSR count). The average molecular weight is 433 g/mol. The van der Waals surface area contributed by atoms with Crippen molar-refractivity contribution in [2.75, 3.05) is 0 Å². The van der Waals surface area contributed by atoms with E-state index < -0.39 is 0 Å². The van der Waals surface area contributed by atoms with Gasteiger partial charge in [-0.25, -0.2) is 9.82 Å². The molecule has 1 aliphatic carbocycles. The fourth-order valence-electron chi connectivity index (χ4n) is 4.27. The summed E-state index contributed by atoms with van der Waals surface area (Å²) >= 11 is 1.46. The maximum atomic E-state index is 13.9. The lowest BCUT2D eigenvalue weighted by Gasteiger charge is -2.17. The molecule has 2 fully saturated rings. The van der Waals surface area contributed by atoms with Gasteiger partial charge in [-0.2, -0.15) is 0 Å². The highest BCUT2D eigenvalue weighted by Gasteiger charge is 2.42. The zero-order valence-corrected chi connectivity index (χ0v) is 18.2. The van der Waals surface area contributed by atoms with Gasteiger partial charge < -0.3 is 9.88 Å². The normalized spacial score (nSPS) is 23.1. The van der Waals surface area contributed by atoms with E-state index in [2.05, 4.69) is 40.2 Å². The molecule has 1 saturated carbocycles. The van der Waals surface area contributed by atoms with Crippen LogP contribution in [0.15, 0.2) is 29.4 Å². The van der Waals surface area contributed by atoms with Gasteiger partial charge in [-0.05, 0) is 30.4 Å². The highest BCUT2D eigenvalue weighted by molar-refractivity contribution is 7.98. The Labute approximate surface area is 180 Å². The molecule has 3 atom stereocenters. The standard InChI is InChI=1S/C21H29FN6OS/c1-13(2)11-28-18(10-23-20(29)19-15-7-5-9-17(15)24-26-19)25-27-21(28)30-12-14-6-3-4-8-16(14)22/h3-4,6,8,13,15,17,19,24,26H,5,7,9-12H2,1-2H3,(H,23,29). The fourth-order valence-corrected chi connectivity index (χ4v) is 5.22. The molecule has 9 heteroatoms. The summed E-state index contributed by atoms with van der Waals surface area (Å²) in [7, 11) is 0. The van der Waals surface area contributed by atoms with Crippen LogP contribution in [0.2, 0.25) is 0 Å². The van der Waals surface area contributed by atoms with Crippen molar-refractivity contribution < 1.29 is 9.18 Å². The van der Waals surface area contributed by atoms with Gasteiger partial charge in [0, 0.05) is 24.3 Å². The van der Waals surface area contributed by atoms with Crippen LogP contribution in [0.25, 0.3) is 0 Å². The third-order valence-corrected chi connectivity index (χ3v) is 6.80. The number of amides is 1. The van der Waals surface area contributed by atoms with Crippen molar-refractivity contribution in [2.24, 2.45) is 11.8 Å². The molecule has 1 aromatic heterocycles. The number of carbonyl (C=O) groups excluding carboxylic acids is 1. The summed E-state index contributed by atoms with van der Waals surface area (Å²) in [5, 5.41) is 12.4. The summed E-state index contributed by atoms with van der Waals surface area (Å²) in [6, 6.07) is 6.97. The van der Waals surface area contributed by atoms with E-state index in [1.165, 1.54) is 24.2 Å². The molecule has 3 unspecified atom stereocenters. The topological polar surface area (TPSA) is 83.9 Å². The molecule has 1 aromatic carbocycles. The first-order chi connectivity index (χ1) is 14.5. The van der Waals surface area contributed by atoms with E-state index in [4.69, 9.17) is 0 Å². The lowest BCUT2D eigenvalue weighted by Crippen LogP contribution is -2.45. The first-order valence-corrected chi connectivity index (χ1v) is 11.6. The number of carbonyl (C=O) groups is 1. The van der Waals surface area contributed by atoms with Gasteiger partial charge in [0.2, 0.25) is 5.91 Å². The Morgan fingerprint density at radius 2 is 2.13 bits per heavy atom. The Hall–Kier alpha value is -1.97. The van der Waals surface area contributed by atoms with Gasteiger partial charge in [-0.3, -0.25) is 10.2 Å². The molecule has 2 aliphatic rings. The number of aromatic nitrogens is 3. The highest BCUT2D eigenvalue weighted by atomic mass is 32.2. The van der Waals surface area contributed by atoms with E-state index in [1.807, 2.05) is 10.6 Å². The number of nitrogens with zero attached hydrogens (tertiary/aromatic N) is 3. The number of hydrogen-bond donors (Lipinski definition) is 3. The summed E-state index contributed by atoms with van der Waals surface area (Å²) in [6.45, 7) is 5.32. The van der Waals surface area contributed by atoms with Gasteiger partial charge in [0.1, 0.15) is 11.9 Å². The molecular formula is C21H29FN6OS. The summed E-state index contributed by atoms with van der Waals surface area (Å²) in [5.41, 5.74) is 7.04. The lowest BCUT2D eigenvalue weighted by molar-refractivity contribution is -0.124. The van der Waals surface area contributed by atoms with Crippen molar-refractivity contribution in [1.29, 1.82) is 0 Å². The first-order valence-electron chi connectivity index (χ1n) is 10.6. The van der Waals surface area contributed by atoms with Crippen LogP contribution in [-0.4, -0.2) is 32.8 Å². The highest BCUT2D eigenvalue weighted by Crippen LogP contribution is 2.31. The largest absolute Gasteiger partial charge is 0.347 e. The predicted octanol–water partition coefficient (Wildman–Crippen LogP) is 2.63. The van der Waals surface area contributed by atoms with Crippen LogP contribution >= 0.6 is 11.8 Å². The van der Waals surface area contributed by atoms with Crippen molar-refractivity contribution in [3.8, 4) is 0 Å². The number of hydrazine groups is 1. The van der Waals surface area contributed by atoms with Crippen LogP contribution in [0.4, 0.5) is 4.39 Å². The maximum absolute atomic E-state index is 13.9. The number of fused-ring (bicyclic) bond motifs is 1.